The summed E-state index contributed by atoms with van der Waals surface area (Å²) in [5.41, 5.74) is 5.61. The summed E-state index contributed by atoms with van der Waals surface area (Å²) >= 11 is 6.23. The number of aryl methyl sites for hydroxylation is 1. The Morgan fingerprint density at radius 1 is 0.929 bits per heavy atom. The molecule has 4 aromatic rings. The molecule has 8 nitrogen and oxygen atoms in total. The standard InChI is InChI=1S/C32H32ClN3O5S/c1-3-40-31-19-24(15-18-30(31)41-22-26-11-7-8-12-28(26)33)21-34-35-32(37)20-29(25-9-5-4-6-10-25)36-42(38,39)27-16-13-23(2)14-17-27/h4-19,21,29,36H,3,20,22H2,1-2H3,(H,35,37)/b34-21-/t29-/m1/s1. The van der Waals surface area contributed by atoms with Crippen LogP contribution in [0.1, 0.15) is 41.6 Å². The lowest BCUT2D eigenvalue weighted by atomic mass is 10.0. The molecule has 0 unspecified atom stereocenters. The largest absolute Gasteiger partial charge is 0.490 e. The molecule has 0 bridgehead atoms. The highest BCUT2D eigenvalue weighted by atomic mass is 35.5. The van der Waals surface area contributed by atoms with Gasteiger partial charge in [-0.15, -0.1) is 0 Å². The highest BCUT2D eigenvalue weighted by Gasteiger charge is 2.23. The number of hydrogen-bond donors (Lipinski definition) is 2. The Hall–Kier alpha value is -4.18. The number of halogens is 1. The van der Waals surface area contributed by atoms with Gasteiger partial charge in [0.25, 0.3) is 0 Å². The number of rotatable bonds is 13. The van der Waals surface area contributed by atoms with Crippen LogP contribution in [-0.4, -0.2) is 27.1 Å². The van der Waals surface area contributed by atoms with Gasteiger partial charge in [-0.25, -0.2) is 18.6 Å². The average molecular weight is 606 g/mol. The van der Waals surface area contributed by atoms with E-state index >= 15 is 0 Å². The molecule has 218 valence electrons. The van der Waals surface area contributed by atoms with E-state index in [0.717, 1.165) is 11.1 Å². The van der Waals surface area contributed by atoms with Gasteiger partial charge < -0.3 is 9.47 Å². The van der Waals surface area contributed by atoms with E-state index < -0.39 is 22.0 Å². The van der Waals surface area contributed by atoms with Crippen molar-refractivity contribution in [2.75, 3.05) is 6.61 Å². The number of nitrogens with zero attached hydrogens (tertiary/aromatic N) is 1. The van der Waals surface area contributed by atoms with Crippen LogP contribution in [0.15, 0.2) is 107 Å². The molecule has 10 heteroatoms. The number of hydrogen-bond acceptors (Lipinski definition) is 6. The quantitative estimate of drug-likeness (QED) is 0.140. The van der Waals surface area contributed by atoms with E-state index in [0.29, 0.717) is 34.3 Å². The third-order valence-electron chi connectivity index (χ3n) is 6.23. The van der Waals surface area contributed by atoms with Gasteiger partial charge >= 0.3 is 0 Å². The van der Waals surface area contributed by atoms with Crippen molar-refractivity contribution in [2.24, 2.45) is 5.10 Å². The zero-order valence-electron chi connectivity index (χ0n) is 23.3. The number of nitrogens with one attached hydrogen (secondary N) is 2. The molecule has 2 N–H and O–H groups in total. The van der Waals surface area contributed by atoms with Crippen molar-refractivity contribution in [3.63, 3.8) is 0 Å². The van der Waals surface area contributed by atoms with Crippen LogP contribution in [0.4, 0.5) is 0 Å². The summed E-state index contributed by atoms with van der Waals surface area (Å²) in [5, 5.41) is 4.69. The normalized spacial score (nSPS) is 12.2. The summed E-state index contributed by atoms with van der Waals surface area (Å²) < 4.78 is 40.5. The minimum Gasteiger partial charge on any atom is -0.490 e. The second kappa shape index (κ2) is 14.6. The third kappa shape index (κ3) is 8.66. The molecule has 0 saturated heterocycles. The van der Waals surface area contributed by atoms with Crippen LogP contribution in [0.25, 0.3) is 0 Å². The molecular weight excluding hydrogens is 574 g/mol. The number of hydrazone groups is 1. The van der Waals surface area contributed by atoms with Gasteiger partial charge in [-0.2, -0.15) is 5.10 Å². The summed E-state index contributed by atoms with van der Waals surface area (Å²) in [4.78, 5) is 13.0. The van der Waals surface area contributed by atoms with Gasteiger partial charge in [-0.1, -0.05) is 77.8 Å². The van der Waals surface area contributed by atoms with Crippen molar-refractivity contribution < 1.29 is 22.7 Å². The van der Waals surface area contributed by atoms with Crippen molar-refractivity contribution in [3.8, 4) is 11.5 Å². The zero-order chi connectivity index (χ0) is 30.0. The van der Waals surface area contributed by atoms with E-state index in [1.165, 1.54) is 18.3 Å². The molecule has 0 saturated carbocycles. The SMILES string of the molecule is CCOc1cc(/C=N\NC(=O)C[C@@H](NS(=O)(=O)c2ccc(C)cc2)c2ccccc2)ccc1OCc1ccccc1Cl. The lowest BCUT2D eigenvalue weighted by molar-refractivity contribution is -0.121. The maximum atomic E-state index is 13.1. The van der Waals surface area contributed by atoms with Crippen molar-refractivity contribution in [3.05, 3.63) is 124 Å². The van der Waals surface area contributed by atoms with Crippen LogP contribution < -0.4 is 19.6 Å². The maximum Gasteiger partial charge on any atom is 0.242 e. The Labute approximate surface area is 251 Å². The molecule has 0 aromatic heterocycles. The van der Waals surface area contributed by atoms with Crippen molar-refractivity contribution >= 4 is 33.7 Å². The summed E-state index contributed by atoms with van der Waals surface area (Å²) in [7, 11) is -3.87. The van der Waals surface area contributed by atoms with Gasteiger partial charge in [-0.3, -0.25) is 4.79 Å². The number of benzene rings is 4. The minimum absolute atomic E-state index is 0.122. The summed E-state index contributed by atoms with van der Waals surface area (Å²) in [6, 6.07) is 27.4. The van der Waals surface area contributed by atoms with E-state index in [4.69, 9.17) is 21.1 Å². The highest BCUT2D eigenvalue weighted by molar-refractivity contribution is 7.89. The van der Waals surface area contributed by atoms with Gasteiger partial charge in [0.1, 0.15) is 6.61 Å². The number of amides is 1. The fraction of sp³-hybridized carbons (Fsp3) is 0.188. The summed E-state index contributed by atoms with van der Waals surface area (Å²) in [6.45, 7) is 4.46. The summed E-state index contributed by atoms with van der Waals surface area (Å²) in [6.07, 6.45) is 1.32. The molecule has 4 aromatic carbocycles. The molecule has 1 amide bonds. The monoisotopic (exact) mass is 605 g/mol. The lowest BCUT2D eigenvalue weighted by Crippen LogP contribution is -2.32. The molecule has 0 aliphatic carbocycles. The van der Waals surface area contributed by atoms with E-state index in [2.05, 4.69) is 15.2 Å². The van der Waals surface area contributed by atoms with E-state index in [9.17, 15) is 13.2 Å². The van der Waals surface area contributed by atoms with Gasteiger partial charge in [0.05, 0.1) is 23.8 Å². The fourth-order valence-electron chi connectivity index (χ4n) is 4.06. The first-order chi connectivity index (χ1) is 20.2. The average Bonchev–Trinajstić information content (AvgIpc) is 2.98. The number of ether oxygens (including phenoxy) is 2. The first-order valence-electron chi connectivity index (χ1n) is 13.3. The molecule has 0 spiro atoms. The zero-order valence-corrected chi connectivity index (χ0v) is 24.9. The van der Waals surface area contributed by atoms with Crippen molar-refractivity contribution in [1.29, 1.82) is 0 Å². The molecule has 0 heterocycles. The fourth-order valence-corrected chi connectivity index (χ4v) is 5.47. The minimum atomic E-state index is -3.87. The predicted octanol–water partition coefficient (Wildman–Crippen LogP) is 6.19. The topological polar surface area (TPSA) is 106 Å². The molecule has 0 aliphatic heterocycles. The van der Waals surface area contributed by atoms with E-state index in [1.807, 2.05) is 38.1 Å². The van der Waals surface area contributed by atoms with Crippen LogP contribution >= 0.6 is 11.6 Å². The number of carbonyl (C=O) groups excluding carboxylic acids is 1. The molecule has 0 aliphatic rings. The van der Waals surface area contributed by atoms with Gasteiger partial charge in [0.15, 0.2) is 11.5 Å². The first kappa shape index (κ1) is 30.8. The second-order valence-corrected chi connectivity index (χ2v) is 11.5. The molecule has 0 radical (unpaired) electrons. The first-order valence-corrected chi connectivity index (χ1v) is 15.2. The van der Waals surface area contributed by atoms with Gasteiger partial charge in [-0.05, 0) is 61.4 Å². The Bertz CT molecular complexity index is 1630. The Kier molecular flexibility index (Phi) is 10.7. The lowest BCUT2D eigenvalue weighted by Gasteiger charge is -2.18. The molecule has 42 heavy (non-hydrogen) atoms. The highest BCUT2D eigenvalue weighted by Crippen LogP contribution is 2.30. The van der Waals surface area contributed by atoms with Gasteiger partial charge in [0, 0.05) is 17.0 Å². The number of carbonyl (C=O) groups is 1. The van der Waals surface area contributed by atoms with Crippen LogP contribution in [0.3, 0.4) is 0 Å². The van der Waals surface area contributed by atoms with Crippen molar-refractivity contribution in [2.45, 2.75) is 37.8 Å². The molecular formula is C32H32ClN3O5S. The number of sulfonamides is 1. The Morgan fingerprint density at radius 3 is 2.36 bits per heavy atom. The Morgan fingerprint density at radius 2 is 1.64 bits per heavy atom. The third-order valence-corrected chi connectivity index (χ3v) is 8.09. The van der Waals surface area contributed by atoms with Crippen LogP contribution in [0.2, 0.25) is 5.02 Å². The van der Waals surface area contributed by atoms with Crippen molar-refractivity contribution in [1.82, 2.24) is 10.1 Å². The van der Waals surface area contributed by atoms with Crippen LogP contribution in [-0.2, 0) is 21.4 Å². The Balaban J connectivity index is 1.42. The van der Waals surface area contributed by atoms with Crippen LogP contribution in [0.5, 0.6) is 11.5 Å². The van der Waals surface area contributed by atoms with E-state index in [1.54, 1.807) is 60.7 Å². The predicted molar refractivity (Wildman–Crippen MR) is 164 cm³/mol. The molecule has 0 fully saturated rings. The molecule has 1 atom stereocenters. The second-order valence-electron chi connectivity index (χ2n) is 9.41. The van der Waals surface area contributed by atoms with E-state index in [-0.39, 0.29) is 17.9 Å². The maximum absolute atomic E-state index is 13.1. The van der Waals surface area contributed by atoms with Gasteiger partial charge in [0.2, 0.25) is 15.9 Å². The van der Waals surface area contributed by atoms with Crippen LogP contribution in [0, 0.1) is 6.92 Å². The molecule has 4 rings (SSSR count). The smallest absolute Gasteiger partial charge is 0.242 e. The summed E-state index contributed by atoms with van der Waals surface area (Å²) in [5.74, 6) is 0.607.